The SMILES string of the molecule is COC(=O)C1=C[C@H](c2ccccc2)[C@]2(C(=O)OC)C1[C@@H](c1ccccc1)[C@H](c1ccccc1)N2c1ccc([N+](=O)[O-])cc1. The fourth-order valence-electron chi connectivity index (χ4n) is 7.19. The van der Waals surface area contributed by atoms with Crippen molar-refractivity contribution in [1.82, 2.24) is 0 Å². The van der Waals surface area contributed by atoms with Crippen LogP contribution in [0.2, 0.25) is 0 Å². The number of methoxy groups -OCH3 is 2. The van der Waals surface area contributed by atoms with Crippen molar-refractivity contribution in [1.29, 1.82) is 0 Å². The van der Waals surface area contributed by atoms with Crippen molar-refractivity contribution in [3.05, 3.63) is 154 Å². The highest BCUT2D eigenvalue weighted by Gasteiger charge is 2.71. The summed E-state index contributed by atoms with van der Waals surface area (Å²) < 4.78 is 11.0. The van der Waals surface area contributed by atoms with Gasteiger partial charge in [-0.2, -0.15) is 0 Å². The van der Waals surface area contributed by atoms with E-state index in [1.165, 1.54) is 26.4 Å². The number of nitro benzene ring substituents is 1. The number of fused-ring (bicyclic) bond motifs is 1. The maximum atomic E-state index is 14.6. The molecule has 0 N–H and O–H groups in total. The lowest BCUT2D eigenvalue weighted by molar-refractivity contribution is -0.384. The van der Waals surface area contributed by atoms with Crippen LogP contribution in [0.25, 0.3) is 0 Å². The fourth-order valence-corrected chi connectivity index (χ4v) is 7.19. The van der Waals surface area contributed by atoms with Crippen LogP contribution >= 0.6 is 0 Å². The molecule has 8 nitrogen and oxygen atoms in total. The summed E-state index contributed by atoms with van der Waals surface area (Å²) in [4.78, 5) is 41.4. The van der Waals surface area contributed by atoms with Gasteiger partial charge < -0.3 is 14.4 Å². The first-order valence-corrected chi connectivity index (χ1v) is 14.0. The Balaban J connectivity index is 1.74. The number of rotatable bonds is 7. The molecule has 0 spiro atoms. The molecular weight excluding hydrogens is 544 g/mol. The number of esters is 2. The van der Waals surface area contributed by atoms with Gasteiger partial charge in [0.2, 0.25) is 0 Å². The van der Waals surface area contributed by atoms with Crippen LogP contribution in [0.4, 0.5) is 11.4 Å². The maximum Gasteiger partial charge on any atom is 0.333 e. The number of carbonyl (C=O) groups excluding carboxylic acids is 2. The van der Waals surface area contributed by atoms with Gasteiger partial charge in [-0.15, -0.1) is 0 Å². The van der Waals surface area contributed by atoms with Crippen molar-refractivity contribution >= 4 is 23.3 Å². The Morgan fingerprint density at radius 1 is 0.744 bits per heavy atom. The number of nitro groups is 1. The number of ether oxygens (including phenoxy) is 2. The number of non-ortho nitro benzene ring substituents is 1. The molecule has 8 heteroatoms. The molecule has 5 atom stereocenters. The minimum atomic E-state index is -1.45. The Bertz CT molecular complexity index is 1670. The lowest BCUT2D eigenvalue weighted by atomic mass is 9.70. The van der Waals surface area contributed by atoms with E-state index in [4.69, 9.17) is 9.47 Å². The molecule has 1 unspecified atom stereocenters. The molecule has 0 aromatic heterocycles. The first-order chi connectivity index (χ1) is 20.9. The molecule has 1 aliphatic heterocycles. The summed E-state index contributed by atoms with van der Waals surface area (Å²) in [5, 5.41) is 11.6. The number of anilines is 1. The Kier molecular flexibility index (Phi) is 7.27. The molecule has 1 fully saturated rings. The van der Waals surface area contributed by atoms with Gasteiger partial charge in [0.15, 0.2) is 5.54 Å². The minimum absolute atomic E-state index is 0.0677. The summed E-state index contributed by atoms with van der Waals surface area (Å²) in [6.07, 6.45) is 1.85. The molecule has 6 rings (SSSR count). The third kappa shape index (κ3) is 4.37. The van der Waals surface area contributed by atoms with Crippen LogP contribution in [0.5, 0.6) is 0 Å². The van der Waals surface area contributed by atoms with Crippen LogP contribution < -0.4 is 4.90 Å². The molecule has 43 heavy (non-hydrogen) atoms. The average molecular weight is 575 g/mol. The van der Waals surface area contributed by atoms with Gasteiger partial charge in [-0.3, -0.25) is 10.1 Å². The first-order valence-electron chi connectivity index (χ1n) is 14.0. The molecule has 2 aliphatic rings. The number of nitrogens with zero attached hydrogens (tertiary/aromatic N) is 2. The van der Waals surface area contributed by atoms with E-state index in [9.17, 15) is 19.7 Å². The largest absolute Gasteiger partial charge is 0.467 e. The molecular formula is C35H30N2O6. The maximum absolute atomic E-state index is 14.6. The molecule has 216 valence electrons. The smallest absolute Gasteiger partial charge is 0.333 e. The highest BCUT2D eigenvalue weighted by Crippen LogP contribution is 2.66. The second kappa shape index (κ2) is 11.2. The molecule has 1 heterocycles. The minimum Gasteiger partial charge on any atom is -0.467 e. The zero-order valence-corrected chi connectivity index (χ0v) is 23.7. The molecule has 1 aliphatic carbocycles. The summed E-state index contributed by atoms with van der Waals surface area (Å²) >= 11 is 0. The molecule has 0 amide bonds. The van der Waals surface area contributed by atoms with E-state index in [-0.39, 0.29) is 5.69 Å². The van der Waals surface area contributed by atoms with Gasteiger partial charge in [-0.05, 0) is 28.8 Å². The Hall–Kier alpha value is -5.24. The number of carbonyl (C=O) groups is 2. The highest BCUT2D eigenvalue weighted by atomic mass is 16.6. The number of hydrogen-bond donors (Lipinski definition) is 0. The van der Waals surface area contributed by atoms with Gasteiger partial charge in [-0.1, -0.05) is 97.1 Å². The van der Waals surface area contributed by atoms with E-state index in [1.807, 2.05) is 102 Å². The Morgan fingerprint density at radius 2 is 1.28 bits per heavy atom. The zero-order chi connectivity index (χ0) is 30.1. The van der Waals surface area contributed by atoms with E-state index in [2.05, 4.69) is 0 Å². The standard InChI is InChI=1S/C35H30N2O6/c1-42-33(38)28-22-29(23-12-6-3-7-13-23)35(34(39)43-2)31(28)30(24-14-8-4-9-15-24)32(25-16-10-5-11-17-25)36(35)26-18-20-27(21-19-26)37(40)41/h3-22,29-32H,1-2H3/t29-,30-,31?,32+,35-/m1/s1. The van der Waals surface area contributed by atoms with Gasteiger partial charge in [0.05, 0.1) is 25.2 Å². The zero-order valence-electron chi connectivity index (χ0n) is 23.7. The van der Waals surface area contributed by atoms with Gasteiger partial charge in [0, 0.05) is 41.1 Å². The van der Waals surface area contributed by atoms with Crippen molar-refractivity contribution in [3.63, 3.8) is 0 Å². The molecule has 0 bridgehead atoms. The number of hydrogen-bond acceptors (Lipinski definition) is 7. The highest BCUT2D eigenvalue weighted by molar-refractivity contribution is 5.99. The predicted molar refractivity (Wildman–Crippen MR) is 161 cm³/mol. The lowest BCUT2D eigenvalue weighted by Gasteiger charge is -2.44. The van der Waals surface area contributed by atoms with Gasteiger partial charge in [-0.25, -0.2) is 9.59 Å². The predicted octanol–water partition coefficient (Wildman–Crippen LogP) is 6.36. The van der Waals surface area contributed by atoms with Crippen LogP contribution in [0.3, 0.4) is 0 Å². The summed E-state index contributed by atoms with van der Waals surface area (Å²) in [7, 11) is 2.70. The lowest BCUT2D eigenvalue weighted by Crippen LogP contribution is -2.58. The van der Waals surface area contributed by atoms with Crippen LogP contribution in [0, 0.1) is 16.0 Å². The van der Waals surface area contributed by atoms with Crippen LogP contribution in [-0.4, -0.2) is 36.6 Å². The van der Waals surface area contributed by atoms with Gasteiger partial charge in [0.1, 0.15) is 0 Å². The molecule has 0 saturated carbocycles. The topological polar surface area (TPSA) is 99.0 Å². The molecule has 1 saturated heterocycles. The fraction of sp³-hybridized carbons (Fsp3) is 0.200. The Labute approximate surface area is 249 Å². The normalized spacial score (nSPS) is 24.1. The second-order valence-electron chi connectivity index (χ2n) is 10.7. The third-order valence-electron chi connectivity index (χ3n) is 8.76. The monoisotopic (exact) mass is 574 g/mol. The quantitative estimate of drug-likeness (QED) is 0.144. The van der Waals surface area contributed by atoms with Crippen LogP contribution in [0.15, 0.2) is 127 Å². The van der Waals surface area contributed by atoms with E-state index in [0.717, 1.165) is 16.7 Å². The summed E-state index contributed by atoms with van der Waals surface area (Å²) in [5.74, 6) is -2.75. The van der Waals surface area contributed by atoms with Crippen molar-refractivity contribution in [2.45, 2.75) is 23.4 Å². The molecule has 4 aromatic carbocycles. The number of benzene rings is 4. The van der Waals surface area contributed by atoms with Crippen LogP contribution in [0.1, 0.15) is 34.6 Å². The van der Waals surface area contributed by atoms with Crippen molar-refractivity contribution in [2.75, 3.05) is 19.1 Å². The van der Waals surface area contributed by atoms with E-state index in [1.54, 1.807) is 12.1 Å². The van der Waals surface area contributed by atoms with Crippen molar-refractivity contribution in [2.24, 2.45) is 5.92 Å². The second-order valence-corrected chi connectivity index (χ2v) is 10.7. The van der Waals surface area contributed by atoms with Gasteiger partial charge in [0.25, 0.3) is 5.69 Å². The van der Waals surface area contributed by atoms with E-state index in [0.29, 0.717) is 11.3 Å². The average Bonchev–Trinajstić information content (AvgIpc) is 3.57. The Morgan fingerprint density at radius 3 is 1.79 bits per heavy atom. The summed E-state index contributed by atoms with van der Waals surface area (Å²) in [5.41, 5.74) is 2.14. The summed E-state index contributed by atoms with van der Waals surface area (Å²) in [6.45, 7) is 0. The molecule has 4 aromatic rings. The third-order valence-corrected chi connectivity index (χ3v) is 8.76. The van der Waals surface area contributed by atoms with E-state index < -0.39 is 46.2 Å². The van der Waals surface area contributed by atoms with Gasteiger partial charge >= 0.3 is 11.9 Å². The van der Waals surface area contributed by atoms with Crippen molar-refractivity contribution < 1.29 is 24.0 Å². The first kappa shape index (κ1) is 27.9. The summed E-state index contributed by atoms with van der Waals surface area (Å²) in [6, 6.07) is 34.9. The van der Waals surface area contributed by atoms with Crippen molar-refractivity contribution in [3.8, 4) is 0 Å². The van der Waals surface area contributed by atoms with Crippen LogP contribution in [-0.2, 0) is 19.1 Å². The van der Waals surface area contributed by atoms with E-state index >= 15 is 0 Å². The molecule has 0 radical (unpaired) electrons.